The van der Waals surface area contributed by atoms with E-state index in [1.807, 2.05) is 0 Å². The Balaban J connectivity index is 5.29. The maximum absolute atomic E-state index is 10.2. The highest BCUT2D eigenvalue weighted by molar-refractivity contribution is 6.21. The second-order valence-electron chi connectivity index (χ2n) is 1.81. The summed E-state index contributed by atoms with van der Waals surface area (Å²) >= 11 is 0. The molecule has 0 heterocycles. The molecular formula is C5H4O8. The molecular weight excluding hydrogens is 188 g/mol. The normalized spacial score (nSPS) is 10.2. The van der Waals surface area contributed by atoms with E-state index in [0.717, 1.165) is 0 Å². The van der Waals surface area contributed by atoms with Crippen LogP contribution >= 0.6 is 0 Å². The molecule has 0 aliphatic rings. The largest absolute Gasteiger partial charge is 0.477 e. The molecule has 8 nitrogen and oxygen atoms in total. The van der Waals surface area contributed by atoms with E-state index in [-0.39, 0.29) is 0 Å². The Labute approximate surface area is 70.3 Å². The quantitative estimate of drug-likeness (QED) is 0.341. The van der Waals surface area contributed by atoms with E-state index in [2.05, 4.69) is 4.74 Å². The van der Waals surface area contributed by atoms with Gasteiger partial charge in [-0.25, -0.2) is 14.4 Å². The Morgan fingerprint density at radius 3 is 1.38 bits per heavy atom. The van der Waals surface area contributed by atoms with Crippen LogP contribution in [-0.2, 0) is 23.9 Å². The Morgan fingerprint density at radius 1 is 1.00 bits per heavy atom. The third-order valence-electron chi connectivity index (χ3n) is 1.13. The first kappa shape index (κ1) is 10.9. The summed E-state index contributed by atoms with van der Waals surface area (Å²) in [4.78, 5) is 40.5. The second-order valence-corrected chi connectivity index (χ2v) is 1.81. The average molecular weight is 192 g/mol. The van der Waals surface area contributed by atoms with Gasteiger partial charge in [-0.15, -0.1) is 0 Å². The minimum atomic E-state index is -3.57. The van der Waals surface area contributed by atoms with Gasteiger partial charge in [-0.2, -0.15) is 0 Å². The predicted molar refractivity (Wildman–Crippen MR) is 32.8 cm³/mol. The van der Waals surface area contributed by atoms with Gasteiger partial charge in [-0.3, -0.25) is 4.79 Å². The fourth-order valence-electron chi connectivity index (χ4n) is 0.498. The molecule has 0 radical (unpaired) electrons. The second kappa shape index (κ2) is 3.52. The lowest BCUT2D eigenvalue weighted by Crippen LogP contribution is -2.55. The molecule has 0 saturated heterocycles. The number of aliphatic carboxylic acids is 3. The SMILES string of the molecule is O=COC(C(=O)O)(C(=O)O)C(=O)O. The summed E-state index contributed by atoms with van der Waals surface area (Å²) in [5, 5.41) is 24.8. The van der Waals surface area contributed by atoms with Crippen LogP contribution in [0.2, 0.25) is 0 Å². The van der Waals surface area contributed by atoms with Crippen LogP contribution in [0.15, 0.2) is 0 Å². The van der Waals surface area contributed by atoms with Crippen LogP contribution in [0, 0.1) is 0 Å². The first-order valence-corrected chi connectivity index (χ1v) is 2.71. The molecule has 0 atom stereocenters. The van der Waals surface area contributed by atoms with E-state index < -0.39 is 30.0 Å². The fourth-order valence-corrected chi connectivity index (χ4v) is 0.498. The van der Waals surface area contributed by atoms with Gasteiger partial charge in [0.2, 0.25) is 0 Å². The zero-order valence-corrected chi connectivity index (χ0v) is 5.96. The van der Waals surface area contributed by atoms with Crippen molar-refractivity contribution in [2.75, 3.05) is 0 Å². The zero-order chi connectivity index (χ0) is 10.6. The molecule has 72 valence electrons. The Morgan fingerprint density at radius 2 is 1.31 bits per heavy atom. The van der Waals surface area contributed by atoms with Crippen molar-refractivity contribution in [2.45, 2.75) is 5.60 Å². The summed E-state index contributed by atoms with van der Waals surface area (Å²) in [6.45, 7) is -0.559. The topological polar surface area (TPSA) is 138 Å². The van der Waals surface area contributed by atoms with Gasteiger partial charge in [0.05, 0.1) is 0 Å². The highest BCUT2D eigenvalue weighted by Crippen LogP contribution is 2.11. The highest BCUT2D eigenvalue weighted by atomic mass is 16.6. The van der Waals surface area contributed by atoms with Gasteiger partial charge < -0.3 is 20.1 Å². The molecule has 0 aliphatic carbocycles. The molecule has 0 unspecified atom stereocenters. The van der Waals surface area contributed by atoms with Gasteiger partial charge in [0.15, 0.2) is 0 Å². The maximum Gasteiger partial charge on any atom is 0.399 e. The van der Waals surface area contributed by atoms with Crippen molar-refractivity contribution in [1.82, 2.24) is 0 Å². The van der Waals surface area contributed by atoms with Crippen molar-refractivity contribution in [3.8, 4) is 0 Å². The van der Waals surface area contributed by atoms with Crippen LogP contribution in [0.4, 0.5) is 0 Å². The molecule has 0 bridgehead atoms. The lowest BCUT2D eigenvalue weighted by atomic mass is 10.1. The number of carboxylic acid groups (broad SMARTS) is 3. The summed E-state index contributed by atoms with van der Waals surface area (Å²) in [6.07, 6.45) is 0. The van der Waals surface area contributed by atoms with E-state index >= 15 is 0 Å². The maximum atomic E-state index is 10.2. The number of carboxylic acids is 3. The van der Waals surface area contributed by atoms with Crippen LogP contribution in [0.1, 0.15) is 0 Å². The number of rotatable bonds is 5. The Kier molecular flexibility index (Phi) is 2.94. The van der Waals surface area contributed by atoms with E-state index in [1.54, 1.807) is 0 Å². The molecule has 8 heteroatoms. The summed E-state index contributed by atoms with van der Waals surface area (Å²) in [5.41, 5.74) is -3.57. The van der Waals surface area contributed by atoms with Crippen molar-refractivity contribution in [2.24, 2.45) is 0 Å². The third kappa shape index (κ3) is 1.55. The lowest BCUT2D eigenvalue weighted by molar-refractivity contribution is -0.194. The number of hydrogen-bond donors (Lipinski definition) is 3. The average Bonchev–Trinajstić information content (AvgIpc) is 1.97. The van der Waals surface area contributed by atoms with Gasteiger partial charge >= 0.3 is 23.5 Å². The first-order valence-electron chi connectivity index (χ1n) is 2.71. The molecule has 0 spiro atoms. The molecule has 0 fully saturated rings. The smallest absolute Gasteiger partial charge is 0.399 e. The van der Waals surface area contributed by atoms with Crippen molar-refractivity contribution in [3.05, 3.63) is 0 Å². The van der Waals surface area contributed by atoms with Crippen molar-refractivity contribution >= 4 is 24.4 Å². The predicted octanol–water partition coefficient (Wildman–Crippen LogP) is -1.85. The molecule has 0 aromatic heterocycles. The molecule has 0 amide bonds. The molecule has 13 heavy (non-hydrogen) atoms. The molecule has 0 aromatic carbocycles. The zero-order valence-electron chi connectivity index (χ0n) is 5.96. The van der Waals surface area contributed by atoms with Crippen LogP contribution in [0.25, 0.3) is 0 Å². The van der Waals surface area contributed by atoms with E-state index in [9.17, 15) is 19.2 Å². The number of carbonyl (C=O) groups excluding carboxylic acids is 1. The van der Waals surface area contributed by atoms with Crippen LogP contribution in [0.3, 0.4) is 0 Å². The van der Waals surface area contributed by atoms with Gasteiger partial charge in [0.25, 0.3) is 6.47 Å². The summed E-state index contributed by atoms with van der Waals surface area (Å²) in [5.74, 6) is -6.88. The molecule has 0 aliphatic heterocycles. The van der Waals surface area contributed by atoms with E-state index in [1.165, 1.54) is 0 Å². The standard InChI is InChI=1S/C5H4O8/c6-1-13-5(2(7)8,3(9)10)4(11)12/h1H,(H,7,8)(H,9,10)(H,11,12). The molecule has 0 rings (SSSR count). The number of ether oxygens (including phenoxy) is 1. The lowest BCUT2D eigenvalue weighted by Gasteiger charge is -2.16. The van der Waals surface area contributed by atoms with E-state index in [4.69, 9.17) is 15.3 Å². The molecule has 3 N–H and O–H groups in total. The number of carbonyl (C=O) groups is 4. The van der Waals surface area contributed by atoms with Gasteiger partial charge in [-0.1, -0.05) is 0 Å². The van der Waals surface area contributed by atoms with Crippen molar-refractivity contribution < 1.29 is 39.2 Å². The van der Waals surface area contributed by atoms with Gasteiger partial charge in [-0.05, 0) is 0 Å². The third-order valence-corrected chi connectivity index (χ3v) is 1.13. The van der Waals surface area contributed by atoms with Crippen LogP contribution in [0.5, 0.6) is 0 Å². The minimum Gasteiger partial charge on any atom is -0.477 e. The Hall–Kier alpha value is -2.12. The Bertz CT molecular complexity index is 230. The summed E-state index contributed by atoms with van der Waals surface area (Å²) in [7, 11) is 0. The molecule has 0 aromatic rings. The van der Waals surface area contributed by atoms with Crippen LogP contribution < -0.4 is 0 Å². The highest BCUT2D eigenvalue weighted by Gasteiger charge is 2.57. The van der Waals surface area contributed by atoms with Crippen LogP contribution in [-0.4, -0.2) is 45.3 Å². The summed E-state index contributed by atoms with van der Waals surface area (Å²) < 4.78 is 3.53. The minimum absolute atomic E-state index is 0.559. The molecule has 0 saturated carbocycles. The number of hydrogen-bond acceptors (Lipinski definition) is 5. The first-order chi connectivity index (χ1) is 5.89. The fraction of sp³-hybridized carbons (Fsp3) is 0.200. The van der Waals surface area contributed by atoms with Gasteiger partial charge in [0, 0.05) is 0 Å². The van der Waals surface area contributed by atoms with E-state index in [0.29, 0.717) is 0 Å². The van der Waals surface area contributed by atoms with Gasteiger partial charge in [0.1, 0.15) is 0 Å². The monoisotopic (exact) mass is 192 g/mol. The summed E-state index contributed by atoms with van der Waals surface area (Å²) in [6, 6.07) is 0. The van der Waals surface area contributed by atoms with Crippen molar-refractivity contribution in [1.29, 1.82) is 0 Å². The van der Waals surface area contributed by atoms with Crippen molar-refractivity contribution in [3.63, 3.8) is 0 Å².